The van der Waals surface area contributed by atoms with E-state index >= 15 is 0 Å². The van der Waals surface area contributed by atoms with Gasteiger partial charge in [-0.1, -0.05) is 52.3 Å². The van der Waals surface area contributed by atoms with Crippen molar-refractivity contribution in [2.75, 3.05) is 30.5 Å². The van der Waals surface area contributed by atoms with Crippen LogP contribution in [-0.4, -0.2) is 31.6 Å². The van der Waals surface area contributed by atoms with Gasteiger partial charge in [-0.25, -0.2) is 0 Å². The van der Waals surface area contributed by atoms with Gasteiger partial charge in [-0.05, 0) is 48.0 Å². The van der Waals surface area contributed by atoms with Gasteiger partial charge in [0.05, 0.1) is 6.61 Å². The van der Waals surface area contributed by atoms with E-state index in [1.54, 1.807) is 36.4 Å². The van der Waals surface area contributed by atoms with Crippen LogP contribution in [0.2, 0.25) is 0 Å². The molecule has 0 saturated heterocycles. The van der Waals surface area contributed by atoms with E-state index in [0.717, 1.165) is 16.6 Å². The van der Waals surface area contributed by atoms with Gasteiger partial charge in [-0.15, -0.1) is 0 Å². The first-order valence-corrected chi connectivity index (χ1v) is 10.6. The molecular formula is C24H23BrN2O4. The molecule has 160 valence electrons. The summed E-state index contributed by atoms with van der Waals surface area (Å²) in [5.74, 6) is 0.0605. The van der Waals surface area contributed by atoms with Gasteiger partial charge in [0.15, 0.2) is 0 Å². The number of rotatable bonds is 10. The molecule has 0 aliphatic carbocycles. The Bertz CT molecular complexity index is 994. The average Bonchev–Trinajstić information content (AvgIpc) is 2.76. The summed E-state index contributed by atoms with van der Waals surface area (Å²) >= 11 is 3.34. The fourth-order valence-corrected chi connectivity index (χ4v) is 3.16. The third-order valence-corrected chi connectivity index (χ3v) is 4.71. The third-order valence-electron chi connectivity index (χ3n) is 4.22. The number of hydrogen-bond acceptors (Lipinski definition) is 4. The fourth-order valence-electron chi connectivity index (χ4n) is 2.76. The van der Waals surface area contributed by atoms with Crippen LogP contribution < -0.4 is 15.4 Å². The minimum absolute atomic E-state index is 0.214. The van der Waals surface area contributed by atoms with E-state index in [2.05, 4.69) is 38.7 Å². The van der Waals surface area contributed by atoms with Crippen molar-refractivity contribution in [1.82, 2.24) is 0 Å². The molecule has 0 radical (unpaired) electrons. The highest BCUT2D eigenvalue weighted by Crippen LogP contribution is 2.17. The van der Waals surface area contributed by atoms with Crippen LogP contribution in [0.15, 0.2) is 83.3 Å². The van der Waals surface area contributed by atoms with Crippen molar-refractivity contribution in [3.8, 4) is 5.75 Å². The summed E-state index contributed by atoms with van der Waals surface area (Å²) in [7, 11) is 0. The molecule has 0 unspecified atom stereocenters. The molecule has 0 bridgehead atoms. The Morgan fingerprint density at radius 3 is 2.13 bits per heavy atom. The van der Waals surface area contributed by atoms with Gasteiger partial charge in [0.1, 0.15) is 19.0 Å². The molecule has 0 fully saturated rings. The average molecular weight is 483 g/mol. The molecular weight excluding hydrogens is 460 g/mol. The van der Waals surface area contributed by atoms with Gasteiger partial charge < -0.3 is 20.1 Å². The Morgan fingerprint density at radius 2 is 1.45 bits per heavy atom. The molecule has 6 nitrogen and oxygen atoms in total. The van der Waals surface area contributed by atoms with Gasteiger partial charge >= 0.3 is 0 Å². The number of nitrogens with one attached hydrogen (secondary N) is 2. The second kappa shape index (κ2) is 11.9. The van der Waals surface area contributed by atoms with Crippen LogP contribution in [0.1, 0.15) is 5.56 Å². The van der Waals surface area contributed by atoms with Gasteiger partial charge in [0.2, 0.25) is 11.8 Å². The standard InChI is InChI=1S/C24H23BrN2O4/c25-19-7-4-8-21(15-19)27-24(29)17-30-16-23(28)26-20-9-11-22(12-10-20)31-14-13-18-5-2-1-3-6-18/h1-12,15H,13-14,16-17H2,(H,26,28)(H,27,29). The van der Waals surface area contributed by atoms with E-state index in [9.17, 15) is 9.59 Å². The summed E-state index contributed by atoms with van der Waals surface area (Å²) in [5.41, 5.74) is 2.50. The van der Waals surface area contributed by atoms with Crippen molar-refractivity contribution in [1.29, 1.82) is 0 Å². The highest BCUT2D eigenvalue weighted by atomic mass is 79.9. The first kappa shape index (κ1) is 22.5. The molecule has 3 aromatic carbocycles. The molecule has 3 rings (SSSR count). The van der Waals surface area contributed by atoms with Crippen LogP contribution in [0.5, 0.6) is 5.75 Å². The van der Waals surface area contributed by atoms with Crippen LogP contribution in [0.4, 0.5) is 11.4 Å². The molecule has 0 atom stereocenters. The summed E-state index contributed by atoms with van der Waals surface area (Å²) in [5, 5.41) is 5.42. The number of benzene rings is 3. The summed E-state index contributed by atoms with van der Waals surface area (Å²) in [6.45, 7) is 0.140. The minimum Gasteiger partial charge on any atom is -0.493 e. The molecule has 0 spiro atoms. The van der Waals surface area contributed by atoms with Gasteiger partial charge in [0.25, 0.3) is 0 Å². The normalized spacial score (nSPS) is 10.4. The van der Waals surface area contributed by atoms with Crippen LogP contribution >= 0.6 is 15.9 Å². The summed E-state index contributed by atoms with van der Waals surface area (Å²) in [6.07, 6.45) is 0.825. The lowest BCUT2D eigenvalue weighted by molar-refractivity contribution is -0.125. The molecule has 0 aromatic heterocycles. The number of hydrogen-bond donors (Lipinski definition) is 2. The smallest absolute Gasteiger partial charge is 0.250 e. The zero-order valence-electron chi connectivity index (χ0n) is 16.8. The lowest BCUT2D eigenvalue weighted by Gasteiger charge is -2.09. The minimum atomic E-state index is -0.340. The Balaban J connectivity index is 1.34. The first-order valence-electron chi connectivity index (χ1n) is 9.78. The SMILES string of the molecule is O=C(COCC(=O)Nc1cccc(Br)c1)Nc1ccc(OCCc2ccccc2)cc1. The Morgan fingerprint density at radius 1 is 0.774 bits per heavy atom. The van der Waals surface area contributed by atoms with E-state index in [0.29, 0.717) is 18.0 Å². The molecule has 0 aliphatic rings. The first-order chi connectivity index (χ1) is 15.1. The quantitative estimate of drug-likeness (QED) is 0.440. The summed E-state index contributed by atoms with van der Waals surface area (Å²) in [6, 6.07) is 24.5. The summed E-state index contributed by atoms with van der Waals surface area (Å²) in [4.78, 5) is 23.9. The Hall–Kier alpha value is -3.16. The van der Waals surface area contributed by atoms with Gasteiger partial charge in [-0.3, -0.25) is 9.59 Å². The van der Waals surface area contributed by atoms with Gasteiger partial charge in [-0.2, -0.15) is 0 Å². The highest BCUT2D eigenvalue weighted by molar-refractivity contribution is 9.10. The lowest BCUT2D eigenvalue weighted by atomic mass is 10.2. The Labute approximate surface area is 189 Å². The maximum Gasteiger partial charge on any atom is 0.250 e. The van der Waals surface area contributed by atoms with E-state index in [-0.39, 0.29) is 25.0 Å². The topological polar surface area (TPSA) is 76.7 Å². The predicted molar refractivity (Wildman–Crippen MR) is 124 cm³/mol. The zero-order valence-corrected chi connectivity index (χ0v) is 18.4. The second-order valence-electron chi connectivity index (χ2n) is 6.71. The number of carbonyl (C=O) groups excluding carboxylic acids is 2. The van der Waals surface area contributed by atoms with Crippen molar-refractivity contribution in [3.63, 3.8) is 0 Å². The number of carbonyl (C=O) groups is 2. The predicted octanol–water partition coefficient (Wildman–Crippen LogP) is 4.66. The second-order valence-corrected chi connectivity index (χ2v) is 7.62. The molecule has 3 aromatic rings. The third kappa shape index (κ3) is 8.24. The van der Waals surface area contributed by atoms with E-state index < -0.39 is 0 Å². The van der Waals surface area contributed by atoms with Crippen molar-refractivity contribution >= 4 is 39.1 Å². The number of amides is 2. The van der Waals surface area contributed by atoms with Crippen molar-refractivity contribution < 1.29 is 19.1 Å². The monoisotopic (exact) mass is 482 g/mol. The maximum atomic E-state index is 12.0. The van der Waals surface area contributed by atoms with Crippen molar-refractivity contribution in [3.05, 3.63) is 88.9 Å². The van der Waals surface area contributed by atoms with Crippen LogP contribution in [-0.2, 0) is 20.7 Å². The van der Waals surface area contributed by atoms with Crippen molar-refractivity contribution in [2.24, 2.45) is 0 Å². The van der Waals surface area contributed by atoms with Crippen LogP contribution in [0.3, 0.4) is 0 Å². The molecule has 0 heterocycles. The molecule has 7 heteroatoms. The largest absolute Gasteiger partial charge is 0.493 e. The number of halogens is 1. The van der Waals surface area contributed by atoms with Crippen molar-refractivity contribution in [2.45, 2.75) is 6.42 Å². The lowest BCUT2D eigenvalue weighted by Crippen LogP contribution is -2.23. The fraction of sp³-hybridized carbons (Fsp3) is 0.167. The maximum absolute atomic E-state index is 12.0. The highest BCUT2D eigenvalue weighted by Gasteiger charge is 2.07. The molecule has 2 amide bonds. The van der Waals surface area contributed by atoms with E-state index in [4.69, 9.17) is 9.47 Å². The number of anilines is 2. The molecule has 31 heavy (non-hydrogen) atoms. The van der Waals surface area contributed by atoms with Crippen LogP contribution in [0, 0.1) is 0 Å². The number of ether oxygens (including phenoxy) is 2. The van der Waals surface area contributed by atoms with Crippen LogP contribution in [0.25, 0.3) is 0 Å². The van der Waals surface area contributed by atoms with Gasteiger partial charge in [0, 0.05) is 22.3 Å². The van der Waals surface area contributed by atoms with E-state index in [1.807, 2.05) is 30.3 Å². The molecule has 0 saturated carbocycles. The van der Waals surface area contributed by atoms with E-state index in [1.165, 1.54) is 5.56 Å². The molecule has 0 aliphatic heterocycles. The summed E-state index contributed by atoms with van der Waals surface area (Å²) < 4.78 is 11.8. The molecule has 2 N–H and O–H groups in total. The zero-order chi connectivity index (χ0) is 21.9. The Kier molecular flexibility index (Phi) is 8.63.